The summed E-state index contributed by atoms with van der Waals surface area (Å²) in [5, 5.41) is 0. The first-order valence-corrected chi connectivity index (χ1v) is 6.19. The molecule has 92 valence electrons. The molecular weight excluding hydrogens is 242 g/mol. The van der Waals surface area contributed by atoms with Crippen LogP contribution in [0.15, 0.2) is 54.6 Å². The number of hydrogen-bond donors (Lipinski definition) is 1. The first-order chi connectivity index (χ1) is 8.66. The molecule has 0 fully saturated rings. The van der Waals surface area contributed by atoms with E-state index in [9.17, 15) is 0 Å². The number of hydrogen-bond acceptors (Lipinski definition) is 2. The Kier molecular flexibility index (Phi) is 3.95. The Labute approximate surface area is 112 Å². The molecule has 0 aliphatic rings. The van der Waals surface area contributed by atoms with Crippen molar-refractivity contribution >= 4 is 17.2 Å². The van der Waals surface area contributed by atoms with Crippen LogP contribution in [0.25, 0.3) is 0 Å². The van der Waals surface area contributed by atoms with Crippen LogP contribution in [-0.2, 0) is 0 Å². The van der Waals surface area contributed by atoms with Gasteiger partial charge in [0.15, 0.2) is 0 Å². The zero-order valence-corrected chi connectivity index (χ0v) is 11.0. The lowest BCUT2D eigenvalue weighted by atomic mass is 10.1. The van der Waals surface area contributed by atoms with E-state index in [1.807, 2.05) is 61.5 Å². The first-order valence-electron chi connectivity index (χ1n) is 5.78. The maximum atomic E-state index is 5.88. The lowest BCUT2D eigenvalue weighted by Gasteiger charge is -2.15. The van der Waals surface area contributed by atoms with Gasteiger partial charge in [-0.3, -0.25) is 0 Å². The van der Waals surface area contributed by atoms with E-state index in [2.05, 4.69) is 0 Å². The van der Waals surface area contributed by atoms with Crippen LogP contribution in [-0.4, -0.2) is 4.99 Å². The van der Waals surface area contributed by atoms with Crippen LogP contribution in [0.2, 0.25) is 0 Å². The molecule has 2 nitrogen and oxygen atoms in total. The van der Waals surface area contributed by atoms with E-state index >= 15 is 0 Å². The van der Waals surface area contributed by atoms with Crippen molar-refractivity contribution in [1.82, 2.24) is 0 Å². The minimum atomic E-state index is -0.00667. The van der Waals surface area contributed by atoms with Crippen molar-refractivity contribution in [3.05, 3.63) is 65.7 Å². The van der Waals surface area contributed by atoms with Gasteiger partial charge >= 0.3 is 0 Å². The highest BCUT2D eigenvalue weighted by Crippen LogP contribution is 2.22. The predicted octanol–water partition coefficient (Wildman–Crippen LogP) is 3.46. The summed E-state index contributed by atoms with van der Waals surface area (Å²) in [6.07, 6.45) is -0.00667. The maximum Gasteiger partial charge on any atom is 0.121 e. The molecule has 0 saturated carbocycles. The number of benzene rings is 2. The van der Waals surface area contributed by atoms with Crippen LogP contribution in [0.3, 0.4) is 0 Å². The van der Waals surface area contributed by atoms with E-state index < -0.39 is 0 Å². The van der Waals surface area contributed by atoms with Gasteiger partial charge in [0.2, 0.25) is 0 Å². The Bertz CT molecular complexity index is 539. The average Bonchev–Trinajstić information content (AvgIpc) is 2.40. The van der Waals surface area contributed by atoms with Crippen molar-refractivity contribution < 1.29 is 4.74 Å². The van der Waals surface area contributed by atoms with Gasteiger partial charge < -0.3 is 10.5 Å². The Morgan fingerprint density at radius 3 is 2.50 bits per heavy atom. The SMILES string of the molecule is CC(Oc1cccc(C(N)=S)c1)c1ccccc1. The van der Waals surface area contributed by atoms with Gasteiger partial charge in [-0.2, -0.15) is 0 Å². The Morgan fingerprint density at radius 1 is 1.11 bits per heavy atom. The second-order valence-electron chi connectivity index (χ2n) is 4.06. The molecular formula is C15H15NOS. The van der Waals surface area contributed by atoms with Gasteiger partial charge in [-0.1, -0.05) is 54.7 Å². The lowest BCUT2D eigenvalue weighted by molar-refractivity contribution is 0.227. The molecule has 0 bridgehead atoms. The molecule has 0 amide bonds. The van der Waals surface area contributed by atoms with Gasteiger partial charge in [-0.05, 0) is 24.6 Å². The topological polar surface area (TPSA) is 35.2 Å². The summed E-state index contributed by atoms with van der Waals surface area (Å²) in [7, 11) is 0. The van der Waals surface area contributed by atoms with E-state index in [4.69, 9.17) is 22.7 Å². The van der Waals surface area contributed by atoms with Gasteiger partial charge in [-0.25, -0.2) is 0 Å². The third-order valence-electron chi connectivity index (χ3n) is 2.70. The molecule has 1 atom stereocenters. The van der Waals surface area contributed by atoms with Crippen molar-refractivity contribution in [2.24, 2.45) is 5.73 Å². The maximum absolute atomic E-state index is 5.88. The van der Waals surface area contributed by atoms with Gasteiger partial charge in [0, 0.05) is 5.56 Å². The molecule has 18 heavy (non-hydrogen) atoms. The predicted molar refractivity (Wildman–Crippen MR) is 77.8 cm³/mol. The van der Waals surface area contributed by atoms with Crippen LogP contribution >= 0.6 is 12.2 Å². The Hall–Kier alpha value is -1.87. The summed E-state index contributed by atoms with van der Waals surface area (Å²) >= 11 is 4.95. The molecule has 0 saturated heterocycles. The summed E-state index contributed by atoms with van der Waals surface area (Å²) in [5.41, 5.74) is 7.56. The van der Waals surface area contributed by atoms with E-state index in [-0.39, 0.29) is 6.10 Å². The fourth-order valence-electron chi connectivity index (χ4n) is 1.72. The van der Waals surface area contributed by atoms with E-state index in [0.717, 1.165) is 16.9 Å². The summed E-state index contributed by atoms with van der Waals surface area (Å²) in [4.78, 5) is 0.382. The third kappa shape index (κ3) is 3.08. The van der Waals surface area contributed by atoms with Crippen LogP contribution in [0.5, 0.6) is 5.75 Å². The molecule has 2 aromatic rings. The number of nitrogens with two attached hydrogens (primary N) is 1. The number of ether oxygens (including phenoxy) is 1. The van der Waals surface area contributed by atoms with Crippen LogP contribution in [0.4, 0.5) is 0 Å². The number of rotatable bonds is 4. The molecule has 1 unspecified atom stereocenters. The van der Waals surface area contributed by atoms with E-state index in [0.29, 0.717) is 4.99 Å². The number of thiocarbonyl (C=S) groups is 1. The Balaban J connectivity index is 2.14. The zero-order valence-electron chi connectivity index (χ0n) is 10.2. The molecule has 0 aliphatic carbocycles. The standard InChI is InChI=1S/C15H15NOS/c1-11(12-6-3-2-4-7-12)17-14-9-5-8-13(10-14)15(16)18/h2-11H,1H3,(H2,16,18). The average molecular weight is 257 g/mol. The summed E-state index contributed by atoms with van der Waals surface area (Å²) < 4.78 is 5.88. The molecule has 0 aromatic heterocycles. The molecule has 0 spiro atoms. The lowest BCUT2D eigenvalue weighted by Crippen LogP contribution is -2.09. The van der Waals surface area contributed by atoms with Crippen molar-refractivity contribution in [3.8, 4) is 5.75 Å². The van der Waals surface area contributed by atoms with Crippen molar-refractivity contribution in [1.29, 1.82) is 0 Å². The summed E-state index contributed by atoms with van der Waals surface area (Å²) in [6, 6.07) is 17.6. The minimum Gasteiger partial charge on any atom is -0.486 e. The normalized spacial score (nSPS) is 11.8. The molecule has 2 N–H and O–H groups in total. The zero-order chi connectivity index (χ0) is 13.0. The highest BCUT2D eigenvalue weighted by molar-refractivity contribution is 7.80. The highest BCUT2D eigenvalue weighted by atomic mass is 32.1. The molecule has 3 heteroatoms. The first kappa shape index (κ1) is 12.6. The summed E-state index contributed by atoms with van der Waals surface area (Å²) in [6.45, 7) is 2.02. The van der Waals surface area contributed by atoms with Gasteiger partial charge in [0.1, 0.15) is 16.8 Å². The Morgan fingerprint density at radius 2 is 1.83 bits per heavy atom. The third-order valence-corrected chi connectivity index (χ3v) is 2.94. The van der Waals surface area contributed by atoms with Gasteiger partial charge in [0.25, 0.3) is 0 Å². The fourth-order valence-corrected chi connectivity index (χ4v) is 1.85. The van der Waals surface area contributed by atoms with Crippen molar-refractivity contribution in [2.45, 2.75) is 13.0 Å². The van der Waals surface area contributed by atoms with E-state index in [1.54, 1.807) is 0 Å². The van der Waals surface area contributed by atoms with Crippen LogP contribution < -0.4 is 10.5 Å². The molecule has 0 heterocycles. The van der Waals surface area contributed by atoms with Gasteiger partial charge in [0.05, 0.1) is 0 Å². The van der Waals surface area contributed by atoms with Crippen LogP contribution in [0, 0.1) is 0 Å². The molecule has 0 aliphatic heterocycles. The van der Waals surface area contributed by atoms with Crippen molar-refractivity contribution in [3.63, 3.8) is 0 Å². The molecule has 0 radical (unpaired) electrons. The molecule has 2 aromatic carbocycles. The van der Waals surface area contributed by atoms with Crippen LogP contribution in [0.1, 0.15) is 24.2 Å². The molecule has 2 rings (SSSR count). The largest absolute Gasteiger partial charge is 0.486 e. The second kappa shape index (κ2) is 5.65. The van der Waals surface area contributed by atoms with Gasteiger partial charge in [-0.15, -0.1) is 0 Å². The fraction of sp³-hybridized carbons (Fsp3) is 0.133. The quantitative estimate of drug-likeness (QED) is 0.852. The smallest absolute Gasteiger partial charge is 0.121 e. The second-order valence-corrected chi connectivity index (χ2v) is 4.50. The highest BCUT2D eigenvalue weighted by Gasteiger charge is 2.07. The minimum absolute atomic E-state index is 0.00667. The van der Waals surface area contributed by atoms with Crippen molar-refractivity contribution in [2.75, 3.05) is 0 Å². The van der Waals surface area contributed by atoms with E-state index in [1.165, 1.54) is 0 Å². The summed E-state index contributed by atoms with van der Waals surface area (Å²) in [5.74, 6) is 0.775. The monoisotopic (exact) mass is 257 g/mol.